The van der Waals surface area contributed by atoms with Gasteiger partial charge in [0.15, 0.2) is 0 Å². The zero-order valence-electron chi connectivity index (χ0n) is 10.8. The quantitative estimate of drug-likeness (QED) is 0.898. The zero-order chi connectivity index (χ0) is 14.2. The zero-order valence-corrected chi connectivity index (χ0v) is 12.3. The van der Waals surface area contributed by atoms with Crippen LogP contribution in [0.2, 0.25) is 0 Å². The standard InChI is InChI=1S/C13H15BrN2O3/c1-15-7-8-5-9(14)3-4-10(8)16(2)11(13(15)19)6-12(17)18/h3-5,11H,6-7H2,1-2H3,(H,17,18). The first-order valence-electron chi connectivity index (χ1n) is 5.88. The predicted octanol–water partition coefficient (Wildman–Crippen LogP) is 1.70. The summed E-state index contributed by atoms with van der Waals surface area (Å²) in [5.41, 5.74) is 1.90. The van der Waals surface area contributed by atoms with Gasteiger partial charge in [0.2, 0.25) is 5.91 Å². The molecule has 0 aliphatic carbocycles. The topological polar surface area (TPSA) is 60.9 Å². The van der Waals surface area contributed by atoms with Crippen LogP contribution in [0.15, 0.2) is 22.7 Å². The van der Waals surface area contributed by atoms with Crippen LogP contribution in [0.25, 0.3) is 0 Å². The van der Waals surface area contributed by atoms with Gasteiger partial charge in [0, 0.05) is 30.8 Å². The fourth-order valence-corrected chi connectivity index (χ4v) is 2.74. The van der Waals surface area contributed by atoms with E-state index in [1.807, 2.05) is 18.2 Å². The molecule has 1 aromatic carbocycles. The second kappa shape index (κ2) is 5.21. The fraction of sp³-hybridized carbons (Fsp3) is 0.385. The number of benzene rings is 1. The van der Waals surface area contributed by atoms with Gasteiger partial charge in [-0.1, -0.05) is 15.9 Å². The van der Waals surface area contributed by atoms with Crippen LogP contribution >= 0.6 is 15.9 Å². The third kappa shape index (κ3) is 2.73. The molecule has 102 valence electrons. The lowest BCUT2D eigenvalue weighted by molar-refractivity contribution is -0.141. The molecule has 2 rings (SSSR count). The third-order valence-electron chi connectivity index (χ3n) is 3.33. The van der Waals surface area contributed by atoms with Gasteiger partial charge in [-0.05, 0) is 23.8 Å². The second-order valence-corrected chi connectivity index (χ2v) is 5.61. The van der Waals surface area contributed by atoms with E-state index >= 15 is 0 Å². The molecule has 0 aromatic heterocycles. The van der Waals surface area contributed by atoms with Crippen molar-refractivity contribution in [3.63, 3.8) is 0 Å². The van der Waals surface area contributed by atoms with Crippen molar-refractivity contribution in [1.29, 1.82) is 0 Å². The summed E-state index contributed by atoms with van der Waals surface area (Å²) in [6.45, 7) is 0.480. The lowest BCUT2D eigenvalue weighted by Crippen LogP contribution is -2.44. The number of nitrogens with zero attached hydrogens (tertiary/aromatic N) is 2. The van der Waals surface area contributed by atoms with E-state index in [0.29, 0.717) is 6.54 Å². The molecular formula is C13H15BrN2O3. The van der Waals surface area contributed by atoms with Gasteiger partial charge >= 0.3 is 5.97 Å². The number of rotatable bonds is 2. The van der Waals surface area contributed by atoms with Gasteiger partial charge in [-0.25, -0.2) is 0 Å². The molecule has 1 aliphatic rings. The molecular weight excluding hydrogens is 312 g/mol. The summed E-state index contributed by atoms with van der Waals surface area (Å²) in [5, 5.41) is 8.97. The molecule has 0 saturated carbocycles. The number of hydrogen-bond donors (Lipinski definition) is 1. The maximum absolute atomic E-state index is 12.3. The maximum atomic E-state index is 12.3. The Hall–Kier alpha value is -1.56. The minimum absolute atomic E-state index is 0.169. The van der Waals surface area contributed by atoms with Gasteiger partial charge in [-0.2, -0.15) is 0 Å². The van der Waals surface area contributed by atoms with Crippen molar-refractivity contribution >= 4 is 33.5 Å². The van der Waals surface area contributed by atoms with Crippen molar-refractivity contribution in [3.05, 3.63) is 28.2 Å². The highest BCUT2D eigenvalue weighted by Gasteiger charge is 2.33. The Labute approximate surface area is 119 Å². The number of carboxylic acid groups (broad SMARTS) is 1. The van der Waals surface area contributed by atoms with Gasteiger partial charge < -0.3 is 14.9 Å². The van der Waals surface area contributed by atoms with E-state index in [4.69, 9.17) is 5.11 Å². The van der Waals surface area contributed by atoms with Crippen LogP contribution in [-0.4, -0.2) is 42.0 Å². The average molecular weight is 327 g/mol. The monoisotopic (exact) mass is 326 g/mol. The molecule has 1 amide bonds. The number of carbonyl (C=O) groups excluding carboxylic acids is 1. The summed E-state index contributed by atoms with van der Waals surface area (Å²) in [6.07, 6.45) is -0.199. The number of hydrogen-bond acceptors (Lipinski definition) is 3. The molecule has 1 atom stereocenters. The molecule has 19 heavy (non-hydrogen) atoms. The largest absolute Gasteiger partial charge is 0.481 e. The van der Waals surface area contributed by atoms with E-state index in [1.165, 1.54) is 0 Å². The SMILES string of the molecule is CN1Cc2cc(Br)ccc2N(C)C(CC(=O)O)C1=O. The Morgan fingerprint density at radius 3 is 2.79 bits per heavy atom. The molecule has 1 heterocycles. The number of fused-ring (bicyclic) bond motifs is 1. The van der Waals surface area contributed by atoms with E-state index in [0.717, 1.165) is 15.7 Å². The summed E-state index contributed by atoms with van der Waals surface area (Å²) in [7, 11) is 3.46. The van der Waals surface area contributed by atoms with Crippen LogP contribution in [0.3, 0.4) is 0 Å². The normalized spacial score (nSPS) is 19.1. The molecule has 1 aromatic rings. The van der Waals surface area contributed by atoms with E-state index in [1.54, 1.807) is 23.9 Å². The summed E-state index contributed by atoms with van der Waals surface area (Å²) in [6, 6.07) is 5.09. The highest BCUT2D eigenvalue weighted by molar-refractivity contribution is 9.10. The lowest BCUT2D eigenvalue weighted by atomic mass is 10.1. The average Bonchev–Trinajstić information content (AvgIpc) is 2.40. The molecule has 5 nitrogen and oxygen atoms in total. The molecule has 0 bridgehead atoms. The first kappa shape index (κ1) is 13.9. The molecule has 0 saturated heterocycles. The minimum Gasteiger partial charge on any atom is -0.481 e. The van der Waals surface area contributed by atoms with Crippen molar-refractivity contribution in [2.45, 2.75) is 19.0 Å². The lowest BCUT2D eigenvalue weighted by Gasteiger charge is -2.27. The number of anilines is 1. The fourth-order valence-electron chi connectivity index (χ4n) is 2.34. The summed E-state index contributed by atoms with van der Waals surface area (Å²) in [4.78, 5) is 26.5. The highest BCUT2D eigenvalue weighted by Crippen LogP contribution is 2.30. The number of carbonyl (C=O) groups is 2. The van der Waals surface area contributed by atoms with Crippen molar-refractivity contribution < 1.29 is 14.7 Å². The van der Waals surface area contributed by atoms with Gasteiger partial charge in [-0.15, -0.1) is 0 Å². The van der Waals surface area contributed by atoms with Gasteiger partial charge in [-0.3, -0.25) is 9.59 Å². The molecule has 0 spiro atoms. The Bertz CT molecular complexity index is 533. The Balaban J connectivity index is 2.46. The summed E-state index contributed by atoms with van der Waals surface area (Å²) < 4.78 is 0.942. The van der Waals surface area contributed by atoms with Crippen LogP contribution in [-0.2, 0) is 16.1 Å². The molecule has 6 heteroatoms. The van der Waals surface area contributed by atoms with Crippen molar-refractivity contribution in [2.75, 3.05) is 19.0 Å². The van der Waals surface area contributed by atoms with Crippen molar-refractivity contribution in [3.8, 4) is 0 Å². The number of carboxylic acids is 1. The first-order valence-corrected chi connectivity index (χ1v) is 6.67. The maximum Gasteiger partial charge on any atom is 0.305 e. The molecule has 1 N–H and O–H groups in total. The molecule has 0 radical (unpaired) electrons. The van der Waals surface area contributed by atoms with E-state index in [2.05, 4.69) is 15.9 Å². The number of aliphatic carboxylic acids is 1. The Kier molecular flexibility index (Phi) is 3.80. The Morgan fingerprint density at radius 1 is 1.47 bits per heavy atom. The van der Waals surface area contributed by atoms with Gasteiger partial charge in [0.1, 0.15) is 6.04 Å². The highest BCUT2D eigenvalue weighted by atomic mass is 79.9. The van der Waals surface area contributed by atoms with Gasteiger partial charge in [0.05, 0.1) is 6.42 Å². The van der Waals surface area contributed by atoms with Crippen LogP contribution in [0.4, 0.5) is 5.69 Å². The summed E-state index contributed by atoms with van der Waals surface area (Å²) >= 11 is 3.41. The predicted molar refractivity (Wildman–Crippen MR) is 75.1 cm³/mol. The van der Waals surface area contributed by atoms with E-state index in [9.17, 15) is 9.59 Å². The van der Waals surface area contributed by atoms with Crippen molar-refractivity contribution in [2.24, 2.45) is 0 Å². The van der Waals surface area contributed by atoms with E-state index in [-0.39, 0.29) is 12.3 Å². The molecule has 0 fully saturated rings. The van der Waals surface area contributed by atoms with Crippen LogP contribution in [0.1, 0.15) is 12.0 Å². The third-order valence-corrected chi connectivity index (χ3v) is 3.82. The smallest absolute Gasteiger partial charge is 0.305 e. The Morgan fingerprint density at radius 2 is 2.16 bits per heavy atom. The first-order chi connectivity index (χ1) is 8.90. The van der Waals surface area contributed by atoms with E-state index < -0.39 is 12.0 Å². The number of halogens is 1. The van der Waals surface area contributed by atoms with Gasteiger partial charge in [0.25, 0.3) is 0 Å². The van der Waals surface area contributed by atoms with Crippen LogP contribution in [0, 0.1) is 0 Å². The molecule has 1 unspecified atom stereocenters. The number of likely N-dealkylation sites (N-methyl/N-ethyl adjacent to an activating group) is 2. The van der Waals surface area contributed by atoms with Crippen LogP contribution < -0.4 is 4.90 Å². The minimum atomic E-state index is -0.973. The second-order valence-electron chi connectivity index (χ2n) is 4.69. The molecule has 1 aliphatic heterocycles. The summed E-state index contributed by atoms with van der Waals surface area (Å²) in [5.74, 6) is -1.14. The van der Waals surface area contributed by atoms with Crippen LogP contribution in [0.5, 0.6) is 0 Å². The number of amides is 1. The van der Waals surface area contributed by atoms with Crippen molar-refractivity contribution in [1.82, 2.24) is 4.90 Å².